The second-order valence-electron chi connectivity index (χ2n) is 8.59. The maximum Gasteiger partial charge on any atom is 0.174 e. The van der Waals surface area contributed by atoms with Gasteiger partial charge in [-0.2, -0.15) is 0 Å². The van der Waals surface area contributed by atoms with Crippen LogP contribution in [0.3, 0.4) is 0 Å². The molecule has 172 valence electrons. The smallest absolute Gasteiger partial charge is 0.174 e. The van der Waals surface area contributed by atoms with E-state index in [1.165, 1.54) is 5.56 Å². The second-order valence-corrected chi connectivity index (χ2v) is 9.82. The zero-order valence-electron chi connectivity index (χ0n) is 19.1. The van der Waals surface area contributed by atoms with Gasteiger partial charge in [-0.15, -0.1) is 0 Å². The third-order valence-corrected chi connectivity index (χ3v) is 7.20. The fourth-order valence-electron chi connectivity index (χ4n) is 4.77. The summed E-state index contributed by atoms with van der Waals surface area (Å²) in [6.45, 7) is 6.30. The molecule has 1 aliphatic heterocycles. The molecule has 1 fully saturated rings. The molecule has 1 saturated heterocycles. The first-order valence-corrected chi connectivity index (χ1v) is 12.2. The van der Waals surface area contributed by atoms with E-state index in [0.717, 1.165) is 34.0 Å². The Balaban J connectivity index is 1.69. The van der Waals surface area contributed by atoms with Crippen LogP contribution in [0, 0.1) is 20.8 Å². The summed E-state index contributed by atoms with van der Waals surface area (Å²) in [6, 6.07) is 22.1. The summed E-state index contributed by atoms with van der Waals surface area (Å²) in [4.78, 5) is 6.86. The van der Waals surface area contributed by atoms with Gasteiger partial charge < -0.3 is 14.8 Å². The fourth-order valence-corrected chi connectivity index (χ4v) is 5.61. The highest BCUT2D eigenvalue weighted by molar-refractivity contribution is 7.80. The number of rotatable bonds is 4. The Kier molecular flexibility index (Phi) is 6.11. The van der Waals surface area contributed by atoms with Crippen molar-refractivity contribution in [3.63, 3.8) is 0 Å². The number of benzene rings is 2. The lowest BCUT2D eigenvalue weighted by Gasteiger charge is -2.28. The predicted octanol–water partition coefficient (Wildman–Crippen LogP) is 7.28. The van der Waals surface area contributed by atoms with Crippen molar-refractivity contribution in [3.8, 4) is 5.69 Å². The number of aryl methyl sites for hydroxylation is 2. The first-order chi connectivity index (χ1) is 16.3. The van der Waals surface area contributed by atoms with Crippen molar-refractivity contribution in [2.45, 2.75) is 32.9 Å². The Hall–Kier alpha value is -2.86. The number of nitrogens with one attached hydrogen (secondary N) is 1. The van der Waals surface area contributed by atoms with Crippen molar-refractivity contribution in [1.29, 1.82) is 0 Å². The Morgan fingerprint density at radius 2 is 1.71 bits per heavy atom. The SMILES string of the molecule is Cc1ccc(N2C(=S)N[C@H](c3ccccn3)[C@H]2c2cc(C)n(-c3ccc(Cl)cc3Cl)c2C)cc1. The second kappa shape index (κ2) is 9.06. The average Bonchev–Trinajstić information content (AvgIpc) is 3.31. The van der Waals surface area contributed by atoms with E-state index in [0.29, 0.717) is 15.2 Å². The molecule has 1 aliphatic rings. The lowest BCUT2D eigenvalue weighted by atomic mass is 9.96. The van der Waals surface area contributed by atoms with Crippen molar-refractivity contribution in [2.75, 3.05) is 4.90 Å². The van der Waals surface area contributed by atoms with E-state index >= 15 is 0 Å². The zero-order chi connectivity index (χ0) is 24.0. The standard InChI is InChI=1S/C27H24Cl2N4S/c1-16-7-10-20(11-8-16)33-26(25(31-27(33)34)23-6-4-5-13-30-23)21-14-17(2)32(18(21)3)24-12-9-19(28)15-22(24)29/h4-15,25-26H,1-3H3,(H,31,34)/t25-,26-/m1/s1. The van der Waals surface area contributed by atoms with Crippen LogP contribution >= 0.6 is 35.4 Å². The van der Waals surface area contributed by atoms with Crippen LogP contribution < -0.4 is 10.2 Å². The first kappa shape index (κ1) is 22.9. The quantitative estimate of drug-likeness (QED) is 0.294. The van der Waals surface area contributed by atoms with Crippen molar-refractivity contribution < 1.29 is 0 Å². The monoisotopic (exact) mass is 506 g/mol. The first-order valence-electron chi connectivity index (χ1n) is 11.1. The molecule has 5 rings (SSSR count). The van der Waals surface area contributed by atoms with Crippen LogP contribution in [0.2, 0.25) is 10.0 Å². The minimum Gasteiger partial charge on any atom is -0.351 e. The molecule has 3 heterocycles. The Morgan fingerprint density at radius 3 is 2.38 bits per heavy atom. The molecular weight excluding hydrogens is 483 g/mol. The van der Waals surface area contributed by atoms with Crippen molar-refractivity contribution in [2.24, 2.45) is 0 Å². The van der Waals surface area contributed by atoms with E-state index in [2.05, 4.69) is 70.9 Å². The number of hydrogen-bond acceptors (Lipinski definition) is 2. The lowest BCUT2D eigenvalue weighted by molar-refractivity contribution is 0.565. The van der Waals surface area contributed by atoms with E-state index in [-0.39, 0.29) is 12.1 Å². The van der Waals surface area contributed by atoms with Crippen LogP contribution in [0.1, 0.15) is 40.3 Å². The minimum absolute atomic E-state index is 0.0869. The molecular formula is C27H24Cl2N4S. The van der Waals surface area contributed by atoms with Crippen molar-refractivity contribution in [3.05, 3.63) is 111 Å². The molecule has 0 aliphatic carbocycles. The van der Waals surface area contributed by atoms with Gasteiger partial charge in [0.2, 0.25) is 0 Å². The number of nitrogens with zero attached hydrogens (tertiary/aromatic N) is 3. The maximum absolute atomic E-state index is 6.61. The van der Waals surface area contributed by atoms with E-state index in [1.54, 1.807) is 6.07 Å². The van der Waals surface area contributed by atoms with Crippen LogP contribution in [0.4, 0.5) is 5.69 Å². The maximum atomic E-state index is 6.61. The third-order valence-electron chi connectivity index (χ3n) is 6.35. The highest BCUT2D eigenvalue weighted by Gasteiger charge is 2.42. The number of thiocarbonyl (C=S) groups is 1. The van der Waals surface area contributed by atoms with Crippen LogP contribution in [0.15, 0.2) is 72.9 Å². The number of hydrogen-bond donors (Lipinski definition) is 1. The topological polar surface area (TPSA) is 33.1 Å². The molecule has 4 nitrogen and oxygen atoms in total. The molecule has 2 aromatic carbocycles. The number of anilines is 1. The van der Waals surface area contributed by atoms with Gasteiger partial charge >= 0.3 is 0 Å². The molecule has 2 atom stereocenters. The molecule has 0 radical (unpaired) electrons. The third kappa shape index (κ3) is 3.98. The molecule has 2 aromatic heterocycles. The van der Waals surface area contributed by atoms with E-state index in [9.17, 15) is 0 Å². The molecule has 0 unspecified atom stereocenters. The van der Waals surface area contributed by atoms with Crippen LogP contribution in [-0.2, 0) is 0 Å². The zero-order valence-corrected chi connectivity index (χ0v) is 21.4. The van der Waals surface area contributed by atoms with Gasteiger partial charge in [-0.05, 0) is 87.1 Å². The summed E-state index contributed by atoms with van der Waals surface area (Å²) >= 11 is 18.6. The highest BCUT2D eigenvalue weighted by atomic mass is 35.5. The van der Waals surface area contributed by atoms with Gasteiger partial charge in [0.15, 0.2) is 5.11 Å². The minimum atomic E-state index is -0.107. The highest BCUT2D eigenvalue weighted by Crippen LogP contribution is 2.44. The molecule has 4 aromatic rings. The van der Waals surface area contributed by atoms with Gasteiger partial charge in [0.05, 0.1) is 28.5 Å². The average molecular weight is 507 g/mol. The molecule has 0 amide bonds. The molecule has 0 saturated carbocycles. The van der Waals surface area contributed by atoms with Gasteiger partial charge in [0, 0.05) is 28.3 Å². The van der Waals surface area contributed by atoms with E-state index in [1.807, 2.05) is 36.5 Å². The van der Waals surface area contributed by atoms with Crippen molar-refractivity contribution >= 4 is 46.2 Å². The predicted molar refractivity (Wildman–Crippen MR) is 144 cm³/mol. The molecule has 0 bridgehead atoms. The molecule has 34 heavy (non-hydrogen) atoms. The lowest BCUT2D eigenvalue weighted by Crippen LogP contribution is -2.29. The summed E-state index contributed by atoms with van der Waals surface area (Å²) < 4.78 is 2.18. The summed E-state index contributed by atoms with van der Waals surface area (Å²) in [5.74, 6) is 0. The fraction of sp³-hybridized carbons (Fsp3) is 0.185. The van der Waals surface area contributed by atoms with E-state index in [4.69, 9.17) is 35.4 Å². The molecule has 1 N–H and O–H groups in total. The van der Waals surface area contributed by atoms with Crippen molar-refractivity contribution in [1.82, 2.24) is 14.9 Å². The Bertz CT molecular complexity index is 1370. The summed E-state index contributed by atoms with van der Waals surface area (Å²) in [7, 11) is 0. The van der Waals surface area contributed by atoms with Gasteiger partial charge in [0.25, 0.3) is 0 Å². The van der Waals surface area contributed by atoms with Gasteiger partial charge in [-0.1, -0.05) is 47.0 Å². The van der Waals surface area contributed by atoms with Crippen LogP contribution in [0.5, 0.6) is 0 Å². The summed E-state index contributed by atoms with van der Waals surface area (Å²) in [5.41, 5.74) is 7.42. The van der Waals surface area contributed by atoms with Crippen LogP contribution in [-0.4, -0.2) is 14.7 Å². The number of halogens is 2. The molecule has 7 heteroatoms. The molecule has 0 spiro atoms. The number of aromatic nitrogens is 2. The normalized spacial score (nSPS) is 17.8. The van der Waals surface area contributed by atoms with E-state index < -0.39 is 0 Å². The van der Waals surface area contributed by atoms with Gasteiger partial charge in [-0.3, -0.25) is 4.98 Å². The van der Waals surface area contributed by atoms with Gasteiger partial charge in [0.1, 0.15) is 0 Å². The largest absolute Gasteiger partial charge is 0.351 e. The Morgan fingerprint density at radius 1 is 0.941 bits per heavy atom. The summed E-state index contributed by atoms with van der Waals surface area (Å²) in [6.07, 6.45) is 1.82. The van der Waals surface area contributed by atoms with Crippen LogP contribution in [0.25, 0.3) is 5.69 Å². The Labute approximate surface area is 215 Å². The van der Waals surface area contributed by atoms with Gasteiger partial charge in [-0.25, -0.2) is 0 Å². The number of pyridine rings is 1. The summed E-state index contributed by atoms with van der Waals surface area (Å²) in [5, 5.41) is 5.44.